The second-order valence-corrected chi connectivity index (χ2v) is 5.12. The molecule has 22 heavy (non-hydrogen) atoms. The van der Waals surface area contributed by atoms with Crippen molar-refractivity contribution in [3.8, 4) is 5.75 Å². The van der Waals surface area contributed by atoms with E-state index in [1.165, 1.54) is 0 Å². The van der Waals surface area contributed by atoms with E-state index >= 15 is 0 Å². The van der Waals surface area contributed by atoms with Crippen molar-refractivity contribution in [3.05, 3.63) is 59.9 Å². The lowest BCUT2D eigenvalue weighted by molar-refractivity contribution is -0.0228. The summed E-state index contributed by atoms with van der Waals surface area (Å²) in [5.41, 5.74) is 1.67. The van der Waals surface area contributed by atoms with Crippen LogP contribution >= 0.6 is 0 Å². The minimum Gasteiger partial charge on any atom is -0.497 e. The van der Waals surface area contributed by atoms with E-state index in [1.807, 2.05) is 35.2 Å². The number of methoxy groups -OCH3 is 1. The molecule has 1 atom stereocenters. The predicted molar refractivity (Wildman–Crippen MR) is 81.8 cm³/mol. The van der Waals surface area contributed by atoms with E-state index in [1.54, 1.807) is 25.6 Å². The van der Waals surface area contributed by atoms with Gasteiger partial charge >= 0.3 is 0 Å². The maximum atomic E-state index is 12.6. The van der Waals surface area contributed by atoms with Gasteiger partial charge in [0.15, 0.2) is 0 Å². The fourth-order valence-electron chi connectivity index (χ4n) is 2.55. The quantitative estimate of drug-likeness (QED) is 0.872. The fourth-order valence-corrected chi connectivity index (χ4v) is 2.55. The molecular weight excluding hydrogens is 280 g/mol. The van der Waals surface area contributed by atoms with Crippen LogP contribution in [0.3, 0.4) is 0 Å². The van der Waals surface area contributed by atoms with Crippen molar-refractivity contribution in [2.75, 3.05) is 26.8 Å². The number of pyridine rings is 1. The van der Waals surface area contributed by atoms with Gasteiger partial charge in [-0.25, -0.2) is 0 Å². The number of amides is 1. The van der Waals surface area contributed by atoms with Gasteiger partial charge in [0, 0.05) is 24.5 Å². The summed E-state index contributed by atoms with van der Waals surface area (Å²) in [6.07, 6.45) is 3.37. The van der Waals surface area contributed by atoms with Crippen molar-refractivity contribution in [2.24, 2.45) is 0 Å². The SMILES string of the molecule is COc1cccc(C(=O)N2CCOC(c3ccncc3)C2)c1. The molecule has 1 amide bonds. The average Bonchev–Trinajstić information content (AvgIpc) is 2.62. The first-order valence-electron chi connectivity index (χ1n) is 7.23. The lowest BCUT2D eigenvalue weighted by Crippen LogP contribution is -2.42. The van der Waals surface area contributed by atoms with E-state index in [0.29, 0.717) is 31.0 Å². The second kappa shape index (κ2) is 6.58. The van der Waals surface area contributed by atoms with Gasteiger partial charge in [-0.2, -0.15) is 0 Å². The lowest BCUT2D eigenvalue weighted by Gasteiger charge is -2.33. The number of hydrogen-bond donors (Lipinski definition) is 0. The first-order valence-corrected chi connectivity index (χ1v) is 7.23. The van der Waals surface area contributed by atoms with Crippen LogP contribution in [0.15, 0.2) is 48.8 Å². The Morgan fingerprint density at radius 3 is 2.91 bits per heavy atom. The Hall–Kier alpha value is -2.40. The molecule has 1 aliphatic rings. The van der Waals surface area contributed by atoms with Gasteiger partial charge in [-0.15, -0.1) is 0 Å². The highest BCUT2D eigenvalue weighted by Crippen LogP contribution is 2.23. The molecule has 1 saturated heterocycles. The summed E-state index contributed by atoms with van der Waals surface area (Å²) in [6, 6.07) is 11.1. The zero-order valence-corrected chi connectivity index (χ0v) is 12.4. The van der Waals surface area contributed by atoms with E-state index in [-0.39, 0.29) is 12.0 Å². The van der Waals surface area contributed by atoms with E-state index in [2.05, 4.69) is 4.98 Å². The minimum atomic E-state index is -0.105. The summed E-state index contributed by atoms with van der Waals surface area (Å²) in [5, 5.41) is 0. The van der Waals surface area contributed by atoms with Gasteiger partial charge in [0.05, 0.1) is 20.3 Å². The molecule has 1 fully saturated rings. The Bertz CT molecular complexity index is 645. The molecule has 0 bridgehead atoms. The summed E-state index contributed by atoms with van der Waals surface area (Å²) in [5.74, 6) is 0.686. The van der Waals surface area contributed by atoms with Crippen LogP contribution in [0.5, 0.6) is 5.75 Å². The molecule has 114 valence electrons. The summed E-state index contributed by atoms with van der Waals surface area (Å²) >= 11 is 0. The van der Waals surface area contributed by atoms with Crippen molar-refractivity contribution in [1.29, 1.82) is 0 Å². The maximum absolute atomic E-state index is 12.6. The zero-order valence-electron chi connectivity index (χ0n) is 12.4. The molecule has 0 spiro atoms. The third-order valence-electron chi connectivity index (χ3n) is 3.75. The number of hydrogen-bond acceptors (Lipinski definition) is 4. The van der Waals surface area contributed by atoms with Gasteiger partial charge in [-0.1, -0.05) is 6.07 Å². The predicted octanol–water partition coefficient (Wildman–Crippen LogP) is 2.30. The maximum Gasteiger partial charge on any atom is 0.254 e. The number of carbonyl (C=O) groups is 1. The van der Waals surface area contributed by atoms with Crippen LogP contribution in [0.1, 0.15) is 22.0 Å². The van der Waals surface area contributed by atoms with Crippen molar-refractivity contribution in [2.45, 2.75) is 6.10 Å². The molecule has 1 aliphatic heterocycles. The van der Waals surface area contributed by atoms with E-state index in [9.17, 15) is 4.79 Å². The van der Waals surface area contributed by atoms with Crippen molar-refractivity contribution < 1.29 is 14.3 Å². The van der Waals surface area contributed by atoms with Crippen LogP contribution in [-0.2, 0) is 4.74 Å². The normalized spacial score (nSPS) is 18.0. The topological polar surface area (TPSA) is 51.7 Å². The Kier molecular flexibility index (Phi) is 4.34. The van der Waals surface area contributed by atoms with Gasteiger partial charge in [0.25, 0.3) is 5.91 Å². The number of nitrogens with zero attached hydrogens (tertiary/aromatic N) is 2. The molecule has 0 radical (unpaired) electrons. The van der Waals surface area contributed by atoms with Crippen molar-refractivity contribution in [3.63, 3.8) is 0 Å². The first kappa shape index (κ1) is 14.5. The lowest BCUT2D eigenvalue weighted by atomic mass is 10.1. The summed E-state index contributed by atoms with van der Waals surface area (Å²) < 4.78 is 11.0. The highest BCUT2D eigenvalue weighted by molar-refractivity contribution is 5.94. The second-order valence-electron chi connectivity index (χ2n) is 5.12. The summed E-state index contributed by atoms with van der Waals surface area (Å²) in [6.45, 7) is 1.67. The molecule has 5 heteroatoms. The highest BCUT2D eigenvalue weighted by atomic mass is 16.5. The van der Waals surface area contributed by atoms with Crippen LogP contribution in [0.2, 0.25) is 0 Å². The van der Waals surface area contributed by atoms with Gasteiger partial charge in [0.1, 0.15) is 11.9 Å². The molecule has 1 aromatic carbocycles. The average molecular weight is 298 g/mol. The first-order chi connectivity index (χ1) is 10.8. The molecule has 2 heterocycles. The minimum absolute atomic E-state index is 0.00116. The van der Waals surface area contributed by atoms with Crippen LogP contribution < -0.4 is 4.74 Å². The Balaban J connectivity index is 1.75. The van der Waals surface area contributed by atoms with Crippen LogP contribution in [0, 0.1) is 0 Å². The number of aromatic nitrogens is 1. The summed E-state index contributed by atoms with van der Waals surface area (Å²) in [7, 11) is 1.60. The molecule has 0 aliphatic carbocycles. The number of ether oxygens (including phenoxy) is 2. The highest BCUT2D eigenvalue weighted by Gasteiger charge is 2.26. The third-order valence-corrected chi connectivity index (χ3v) is 3.75. The number of carbonyl (C=O) groups excluding carboxylic acids is 1. The third kappa shape index (κ3) is 3.09. The Morgan fingerprint density at radius 1 is 1.32 bits per heavy atom. The number of rotatable bonds is 3. The van der Waals surface area contributed by atoms with Gasteiger partial charge < -0.3 is 14.4 Å². The van der Waals surface area contributed by atoms with Gasteiger partial charge in [-0.05, 0) is 35.9 Å². The van der Waals surface area contributed by atoms with Crippen molar-refractivity contribution >= 4 is 5.91 Å². The number of morpholine rings is 1. The van der Waals surface area contributed by atoms with Crippen LogP contribution in [-0.4, -0.2) is 42.6 Å². The molecule has 1 aromatic heterocycles. The van der Waals surface area contributed by atoms with Crippen LogP contribution in [0.4, 0.5) is 0 Å². The molecule has 5 nitrogen and oxygen atoms in total. The standard InChI is InChI=1S/C17H18N2O3/c1-21-15-4-2-3-14(11-15)17(20)19-9-10-22-16(12-19)13-5-7-18-8-6-13/h2-8,11,16H,9-10,12H2,1H3. The van der Waals surface area contributed by atoms with Gasteiger partial charge in [0.2, 0.25) is 0 Å². The van der Waals surface area contributed by atoms with Crippen LogP contribution in [0.25, 0.3) is 0 Å². The van der Waals surface area contributed by atoms with Crippen molar-refractivity contribution in [1.82, 2.24) is 9.88 Å². The molecule has 3 rings (SSSR count). The van der Waals surface area contributed by atoms with E-state index < -0.39 is 0 Å². The zero-order chi connectivity index (χ0) is 15.4. The van der Waals surface area contributed by atoms with E-state index in [0.717, 1.165) is 5.56 Å². The Labute approximate surface area is 129 Å². The van der Waals surface area contributed by atoms with Gasteiger partial charge in [-0.3, -0.25) is 9.78 Å². The smallest absolute Gasteiger partial charge is 0.254 e. The molecule has 1 unspecified atom stereocenters. The molecule has 2 aromatic rings. The number of benzene rings is 1. The monoisotopic (exact) mass is 298 g/mol. The summed E-state index contributed by atoms with van der Waals surface area (Å²) in [4.78, 5) is 18.5. The Morgan fingerprint density at radius 2 is 2.14 bits per heavy atom. The molecule has 0 N–H and O–H groups in total. The fraction of sp³-hybridized carbons (Fsp3) is 0.294. The molecule has 0 saturated carbocycles. The largest absolute Gasteiger partial charge is 0.497 e. The van der Waals surface area contributed by atoms with E-state index in [4.69, 9.17) is 9.47 Å². The molecular formula is C17H18N2O3.